The van der Waals surface area contributed by atoms with Crippen LogP contribution in [-0.2, 0) is 14.9 Å². The van der Waals surface area contributed by atoms with Crippen LogP contribution in [0.2, 0.25) is 0 Å². The molecule has 1 unspecified atom stereocenters. The molecule has 90 valence electrons. The van der Waals surface area contributed by atoms with Gasteiger partial charge in [0.15, 0.2) is 0 Å². The van der Waals surface area contributed by atoms with Crippen LogP contribution in [0.25, 0.3) is 0 Å². The van der Waals surface area contributed by atoms with Gasteiger partial charge in [-0.1, -0.05) is 12.1 Å². The van der Waals surface area contributed by atoms with Crippen molar-refractivity contribution in [1.82, 2.24) is 0 Å². The van der Waals surface area contributed by atoms with Gasteiger partial charge in [0.2, 0.25) is 0 Å². The summed E-state index contributed by atoms with van der Waals surface area (Å²) in [4.78, 5) is 12.0. The SMILES string of the molecule is CCOC(=O)C(C)(CC#N)c1cccc(N)c1. The first-order valence-electron chi connectivity index (χ1n) is 5.44. The van der Waals surface area contributed by atoms with Gasteiger partial charge in [0.05, 0.1) is 19.1 Å². The number of ether oxygens (including phenoxy) is 1. The molecule has 0 aliphatic heterocycles. The smallest absolute Gasteiger partial charge is 0.317 e. The minimum absolute atomic E-state index is 0.0648. The summed E-state index contributed by atoms with van der Waals surface area (Å²) < 4.78 is 5.02. The Kier molecular flexibility index (Phi) is 4.11. The van der Waals surface area contributed by atoms with Crippen molar-refractivity contribution in [3.63, 3.8) is 0 Å². The van der Waals surface area contributed by atoms with Crippen LogP contribution in [0.15, 0.2) is 24.3 Å². The number of rotatable bonds is 4. The van der Waals surface area contributed by atoms with Crippen molar-refractivity contribution in [2.75, 3.05) is 12.3 Å². The molecule has 0 heterocycles. The van der Waals surface area contributed by atoms with Crippen molar-refractivity contribution < 1.29 is 9.53 Å². The molecule has 4 nitrogen and oxygen atoms in total. The van der Waals surface area contributed by atoms with E-state index >= 15 is 0 Å². The maximum Gasteiger partial charge on any atom is 0.317 e. The lowest BCUT2D eigenvalue weighted by atomic mass is 9.80. The zero-order valence-electron chi connectivity index (χ0n) is 10.1. The largest absolute Gasteiger partial charge is 0.465 e. The summed E-state index contributed by atoms with van der Waals surface area (Å²) in [5.74, 6) is -0.396. The third-order valence-corrected chi connectivity index (χ3v) is 2.68. The first-order valence-corrected chi connectivity index (χ1v) is 5.44. The molecule has 0 amide bonds. The number of carbonyl (C=O) groups excluding carboxylic acids is 1. The molecular formula is C13H16N2O2. The number of nitrogen functional groups attached to an aromatic ring is 1. The molecule has 0 aliphatic rings. The molecule has 0 aromatic heterocycles. The highest BCUT2D eigenvalue weighted by atomic mass is 16.5. The predicted molar refractivity (Wildman–Crippen MR) is 65.1 cm³/mol. The summed E-state index contributed by atoms with van der Waals surface area (Å²) in [5.41, 5.74) is 6.00. The van der Waals surface area contributed by atoms with Gasteiger partial charge in [0.1, 0.15) is 5.41 Å². The van der Waals surface area contributed by atoms with E-state index in [2.05, 4.69) is 0 Å². The van der Waals surface area contributed by atoms with Crippen LogP contribution < -0.4 is 5.73 Å². The van der Waals surface area contributed by atoms with Gasteiger partial charge in [-0.05, 0) is 31.5 Å². The predicted octanol–water partition coefficient (Wildman–Crippen LogP) is 2.00. The Hall–Kier alpha value is -2.02. The Morgan fingerprint density at radius 1 is 1.59 bits per heavy atom. The van der Waals surface area contributed by atoms with E-state index in [0.29, 0.717) is 17.9 Å². The van der Waals surface area contributed by atoms with Crippen LogP contribution in [-0.4, -0.2) is 12.6 Å². The first kappa shape index (κ1) is 13.0. The van der Waals surface area contributed by atoms with Gasteiger partial charge in [0, 0.05) is 5.69 Å². The average molecular weight is 232 g/mol. The Morgan fingerprint density at radius 3 is 2.82 bits per heavy atom. The Balaban J connectivity index is 3.16. The number of nitrogens with two attached hydrogens (primary N) is 1. The fourth-order valence-corrected chi connectivity index (χ4v) is 1.62. The van der Waals surface area contributed by atoms with E-state index in [4.69, 9.17) is 15.7 Å². The van der Waals surface area contributed by atoms with Crippen molar-refractivity contribution in [3.05, 3.63) is 29.8 Å². The molecule has 4 heteroatoms. The second-order valence-electron chi connectivity index (χ2n) is 4.01. The van der Waals surface area contributed by atoms with Gasteiger partial charge in [-0.2, -0.15) is 5.26 Å². The summed E-state index contributed by atoms with van der Waals surface area (Å²) in [6.45, 7) is 3.73. The molecule has 0 spiro atoms. The fourth-order valence-electron chi connectivity index (χ4n) is 1.62. The van der Waals surface area contributed by atoms with Gasteiger partial charge < -0.3 is 10.5 Å². The van der Waals surface area contributed by atoms with Gasteiger partial charge in [-0.3, -0.25) is 4.79 Å². The van der Waals surface area contributed by atoms with Crippen LogP contribution >= 0.6 is 0 Å². The highest BCUT2D eigenvalue weighted by molar-refractivity contribution is 5.83. The normalized spacial score (nSPS) is 13.5. The lowest BCUT2D eigenvalue weighted by molar-refractivity contribution is -0.149. The number of nitriles is 1. The number of hydrogen-bond acceptors (Lipinski definition) is 4. The number of hydrogen-bond donors (Lipinski definition) is 1. The molecule has 1 rings (SSSR count). The molecule has 2 N–H and O–H groups in total. The number of nitrogens with zero attached hydrogens (tertiary/aromatic N) is 1. The summed E-state index contributed by atoms with van der Waals surface area (Å²) >= 11 is 0. The van der Waals surface area contributed by atoms with Crippen molar-refractivity contribution in [1.29, 1.82) is 5.26 Å². The number of benzene rings is 1. The number of carbonyl (C=O) groups is 1. The molecule has 17 heavy (non-hydrogen) atoms. The number of anilines is 1. The molecule has 1 atom stereocenters. The molecule has 0 bridgehead atoms. The highest BCUT2D eigenvalue weighted by Gasteiger charge is 2.36. The van der Waals surface area contributed by atoms with Crippen molar-refractivity contribution in [2.24, 2.45) is 0 Å². The quantitative estimate of drug-likeness (QED) is 0.636. The summed E-state index contributed by atoms with van der Waals surface area (Å²) in [6, 6.07) is 9.01. The second-order valence-corrected chi connectivity index (χ2v) is 4.01. The van der Waals surface area contributed by atoms with E-state index in [0.717, 1.165) is 0 Å². The summed E-state index contributed by atoms with van der Waals surface area (Å²) in [7, 11) is 0. The van der Waals surface area contributed by atoms with Crippen LogP contribution in [0.3, 0.4) is 0 Å². The Labute approximate surface area is 101 Å². The van der Waals surface area contributed by atoms with Gasteiger partial charge in [-0.25, -0.2) is 0 Å². The average Bonchev–Trinajstić information content (AvgIpc) is 2.29. The van der Waals surface area contributed by atoms with Crippen molar-refractivity contribution in [2.45, 2.75) is 25.7 Å². The Bertz CT molecular complexity index is 451. The van der Waals surface area contributed by atoms with Gasteiger partial charge >= 0.3 is 5.97 Å². The van der Waals surface area contributed by atoms with E-state index in [-0.39, 0.29) is 6.42 Å². The topological polar surface area (TPSA) is 76.1 Å². The second kappa shape index (κ2) is 5.35. The molecule has 0 radical (unpaired) electrons. The fraction of sp³-hybridized carbons (Fsp3) is 0.385. The molecule has 0 saturated carbocycles. The standard InChI is InChI=1S/C13H16N2O2/c1-3-17-12(16)13(2,7-8-14)10-5-4-6-11(15)9-10/h4-6,9H,3,7,15H2,1-2H3. The molecule has 1 aromatic carbocycles. The van der Waals surface area contributed by atoms with Crippen LogP contribution in [0.1, 0.15) is 25.8 Å². The maximum atomic E-state index is 12.0. The molecule has 0 saturated heterocycles. The maximum absolute atomic E-state index is 12.0. The summed E-state index contributed by atoms with van der Waals surface area (Å²) in [6.07, 6.45) is 0.0648. The molecule has 0 fully saturated rings. The molecule has 1 aromatic rings. The van der Waals surface area contributed by atoms with Crippen molar-refractivity contribution in [3.8, 4) is 6.07 Å². The minimum atomic E-state index is -0.958. The van der Waals surface area contributed by atoms with Crippen LogP contribution in [0, 0.1) is 11.3 Å². The lowest BCUT2D eigenvalue weighted by Crippen LogP contribution is -2.34. The van der Waals surface area contributed by atoms with E-state index in [1.165, 1.54) is 0 Å². The monoisotopic (exact) mass is 232 g/mol. The zero-order chi connectivity index (χ0) is 12.9. The third-order valence-electron chi connectivity index (χ3n) is 2.68. The van der Waals surface area contributed by atoms with Crippen LogP contribution in [0.4, 0.5) is 5.69 Å². The van der Waals surface area contributed by atoms with Gasteiger partial charge in [-0.15, -0.1) is 0 Å². The van der Waals surface area contributed by atoms with Crippen LogP contribution in [0.5, 0.6) is 0 Å². The highest BCUT2D eigenvalue weighted by Crippen LogP contribution is 2.30. The zero-order valence-corrected chi connectivity index (χ0v) is 10.1. The van der Waals surface area contributed by atoms with E-state index in [1.54, 1.807) is 38.1 Å². The van der Waals surface area contributed by atoms with E-state index < -0.39 is 11.4 Å². The molecular weight excluding hydrogens is 216 g/mol. The summed E-state index contributed by atoms with van der Waals surface area (Å²) in [5, 5.41) is 8.86. The van der Waals surface area contributed by atoms with E-state index in [9.17, 15) is 4.79 Å². The van der Waals surface area contributed by atoms with Crippen molar-refractivity contribution >= 4 is 11.7 Å². The number of esters is 1. The van der Waals surface area contributed by atoms with E-state index in [1.807, 2.05) is 6.07 Å². The third kappa shape index (κ3) is 2.76. The molecule has 0 aliphatic carbocycles. The Morgan fingerprint density at radius 2 is 2.29 bits per heavy atom. The first-order chi connectivity index (χ1) is 8.04. The van der Waals surface area contributed by atoms with Gasteiger partial charge in [0.25, 0.3) is 0 Å². The minimum Gasteiger partial charge on any atom is -0.465 e. The lowest BCUT2D eigenvalue weighted by Gasteiger charge is -2.25.